The van der Waals surface area contributed by atoms with Crippen molar-refractivity contribution in [2.45, 2.75) is 19.4 Å². The molecule has 2 rings (SSSR count). The number of likely N-dealkylation sites (tertiary alicyclic amines) is 1. The molecule has 1 aromatic carbocycles. The number of hydrogen-bond acceptors (Lipinski definition) is 4. The number of amides is 2. The van der Waals surface area contributed by atoms with E-state index in [2.05, 4.69) is 5.32 Å². The number of anilines is 1. The molecule has 1 aliphatic heterocycles. The molecule has 0 bridgehead atoms. The summed E-state index contributed by atoms with van der Waals surface area (Å²) in [6, 6.07) is 4.19. The average molecular weight is 265 g/mol. The van der Waals surface area contributed by atoms with Crippen molar-refractivity contribution in [3.05, 3.63) is 33.9 Å². The van der Waals surface area contributed by atoms with E-state index < -0.39 is 11.0 Å². The first-order valence-corrected chi connectivity index (χ1v) is 5.97. The summed E-state index contributed by atoms with van der Waals surface area (Å²) in [5.74, 6) is 0. The van der Waals surface area contributed by atoms with Gasteiger partial charge in [-0.3, -0.25) is 10.1 Å². The molecule has 0 aromatic heterocycles. The molecule has 1 heterocycles. The lowest BCUT2D eigenvalue weighted by Gasteiger charge is -2.17. The predicted molar refractivity (Wildman–Crippen MR) is 69.0 cm³/mol. The van der Waals surface area contributed by atoms with E-state index in [-0.39, 0.29) is 11.7 Å². The molecule has 0 radical (unpaired) electrons. The van der Waals surface area contributed by atoms with E-state index in [1.165, 1.54) is 17.0 Å². The van der Waals surface area contributed by atoms with Crippen LogP contribution in [0.3, 0.4) is 0 Å². The number of carbonyl (C=O) groups excluding carboxylic acids is 1. The lowest BCUT2D eigenvalue weighted by molar-refractivity contribution is -0.385. The Bertz CT molecular complexity index is 518. The van der Waals surface area contributed by atoms with Crippen molar-refractivity contribution in [3.8, 4) is 0 Å². The van der Waals surface area contributed by atoms with E-state index in [1.807, 2.05) is 0 Å². The van der Waals surface area contributed by atoms with Crippen molar-refractivity contribution in [1.29, 1.82) is 0 Å². The molecule has 1 aromatic rings. The van der Waals surface area contributed by atoms with E-state index in [1.54, 1.807) is 13.0 Å². The standard InChI is InChI=1S/C12H15N3O4/c1-8-10(3-2-4-11(8)15(18)19)13-12(17)14-6-5-9(16)7-14/h2-4,9,16H,5-7H2,1H3,(H,13,17)/t9-/m0/s1. The summed E-state index contributed by atoms with van der Waals surface area (Å²) in [5, 5.41) is 22.8. The Hall–Kier alpha value is -2.15. The zero-order valence-electron chi connectivity index (χ0n) is 10.5. The van der Waals surface area contributed by atoms with Crippen LogP contribution in [0.1, 0.15) is 12.0 Å². The van der Waals surface area contributed by atoms with Crippen molar-refractivity contribution >= 4 is 17.4 Å². The number of aliphatic hydroxyl groups excluding tert-OH is 1. The monoisotopic (exact) mass is 265 g/mol. The van der Waals surface area contributed by atoms with Crippen LogP contribution in [0, 0.1) is 17.0 Å². The zero-order chi connectivity index (χ0) is 14.0. The first-order valence-electron chi connectivity index (χ1n) is 5.97. The van der Waals surface area contributed by atoms with Crippen LogP contribution in [0.15, 0.2) is 18.2 Å². The Morgan fingerprint density at radius 3 is 2.89 bits per heavy atom. The number of carbonyl (C=O) groups is 1. The molecule has 19 heavy (non-hydrogen) atoms. The van der Waals surface area contributed by atoms with Crippen LogP contribution in [0.25, 0.3) is 0 Å². The highest BCUT2D eigenvalue weighted by molar-refractivity contribution is 5.91. The Balaban J connectivity index is 2.13. The second kappa shape index (κ2) is 5.23. The van der Waals surface area contributed by atoms with Crippen molar-refractivity contribution in [3.63, 3.8) is 0 Å². The highest BCUT2D eigenvalue weighted by atomic mass is 16.6. The molecule has 2 N–H and O–H groups in total. The number of nitro benzene ring substituents is 1. The summed E-state index contributed by atoms with van der Waals surface area (Å²) in [5.41, 5.74) is 0.806. The number of aliphatic hydroxyl groups is 1. The van der Waals surface area contributed by atoms with Gasteiger partial charge >= 0.3 is 6.03 Å². The molecule has 0 aliphatic carbocycles. The number of nitrogens with zero attached hydrogens (tertiary/aromatic N) is 2. The molecular weight excluding hydrogens is 250 g/mol. The zero-order valence-corrected chi connectivity index (χ0v) is 10.5. The van der Waals surface area contributed by atoms with Crippen LogP contribution in [0.4, 0.5) is 16.2 Å². The highest BCUT2D eigenvalue weighted by Crippen LogP contribution is 2.25. The summed E-state index contributed by atoms with van der Waals surface area (Å²) in [4.78, 5) is 23.7. The molecule has 0 unspecified atom stereocenters. The van der Waals surface area contributed by atoms with E-state index in [0.717, 1.165) is 0 Å². The van der Waals surface area contributed by atoms with Gasteiger partial charge in [0.1, 0.15) is 0 Å². The molecule has 1 aliphatic rings. The number of rotatable bonds is 2. The fourth-order valence-corrected chi connectivity index (χ4v) is 2.08. The minimum absolute atomic E-state index is 0.0285. The van der Waals surface area contributed by atoms with E-state index in [0.29, 0.717) is 30.8 Å². The molecule has 7 heteroatoms. The van der Waals surface area contributed by atoms with Gasteiger partial charge in [-0.05, 0) is 19.4 Å². The third-order valence-electron chi connectivity index (χ3n) is 3.19. The molecule has 1 atom stereocenters. The smallest absolute Gasteiger partial charge is 0.321 e. The molecule has 0 spiro atoms. The van der Waals surface area contributed by atoms with E-state index in [4.69, 9.17) is 0 Å². The Kier molecular flexibility index (Phi) is 3.66. The van der Waals surface area contributed by atoms with Crippen molar-refractivity contribution in [2.75, 3.05) is 18.4 Å². The number of nitrogens with one attached hydrogen (secondary N) is 1. The number of nitro groups is 1. The maximum Gasteiger partial charge on any atom is 0.321 e. The fraction of sp³-hybridized carbons (Fsp3) is 0.417. The second-order valence-electron chi connectivity index (χ2n) is 4.53. The van der Waals surface area contributed by atoms with Crippen LogP contribution < -0.4 is 5.32 Å². The molecule has 7 nitrogen and oxygen atoms in total. The summed E-state index contributed by atoms with van der Waals surface area (Å²) < 4.78 is 0. The van der Waals surface area contributed by atoms with Gasteiger partial charge in [0.25, 0.3) is 5.69 Å². The van der Waals surface area contributed by atoms with Crippen molar-refractivity contribution in [2.24, 2.45) is 0 Å². The number of urea groups is 1. The Labute approximate surface area is 110 Å². The van der Waals surface area contributed by atoms with Crippen LogP contribution in [-0.2, 0) is 0 Å². The Morgan fingerprint density at radius 1 is 1.58 bits per heavy atom. The Morgan fingerprint density at radius 2 is 2.32 bits per heavy atom. The van der Waals surface area contributed by atoms with Gasteiger partial charge in [0.05, 0.1) is 22.3 Å². The molecular formula is C12H15N3O4. The number of hydrogen-bond donors (Lipinski definition) is 2. The highest BCUT2D eigenvalue weighted by Gasteiger charge is 2.25. The van der Waals surface area contributed by atoms with E-state index in [9.17, 15) is 20.0 Å². The lowest BCUT2D eigenvalue weighted by Crippen LogP contribution is -2.33. The molecule has 1 saturated heterocycles. The first-order chi connectivity index (χ1) is 8.99. The fourth-order valence-electron chi connectivity index (χ4n) is 2.08. The first kappa shape index (κ1) is 13.3. The summed E-state index contributed by atoms with van der Waals surface area (Å²) in [6.45, 7) is 2.37. The van der Waals surface area contributed by atoms with Gasteiger partial charge in [0.2, 0.25) is 0 Å². The topological polar surface area (TPSA) is 95.7 Å². The quantitative estimate of drug-likeness (QED) is 0.625. The molecule has 0 saturated carbocycles. The predicted octanol–water partition coefficient (Wildman–Crippen LogP) is 1.50. The van der Waals surface area contributed by atoms with Gasteiger partial charge in [-0.25, -0.2) is 4.79 Å². The normalized spacial score (nSPS) is 18.4. The largest absolute Gasteiger partial charge is 0.391 e. The second-order valence-corrected chi connectivity index (χ2v) is 4.53. The summed E-state index contributed by atoms with van der Waals surface area (Å²) in [7, 11) is 0. The van der Waals surface area contributed by atoms with Gasteiger partial charge < -0.3 is 15.3 Å². The maximum absolute atomic E-state index is 11.9. The summed E-state index contributed by atoms with van der Waals surface area (Å²) in [6.07, 6.45) is 0.0680. The number of β-amino-alcohol motifs (C(OH)–C–C–N with tert-alkyl or cyclic N) is 1. The van der Waals surface area contributed by atoms with Gasteiger partial charge in [-0.1, -0.05) is 6.07 Å². The minimum Gasteiger partial charge on any atom is -0.391 e. The van der Waals surface area contributed by atoms with Crippen molar-refractivity contribution in [1.82, 2.24) is 4.90 Å². The van der Waals surface area contributed by atoms with Crippen LogP contribution in [-0.4, -0.2) is 40.2 Å². The molecule has 102 valence electrons. The third kappa shape index (κ3) is 2.82. The minimum atomic E-state index is -0.489. The van der Waals surface area contributed by atoms with Crippen LogP contribution in [0.2, 0.25) is 0 Å². The van der Waals surface area contributed by atoms with Gasteiger partial charge in [-0.15, -0.1) is 0 Å². The van der Waals surface area contributed by atoms with Gasteiger partial charge in [-0.2, -0.15) is 0 Å². The van der Waals surface area contributed by atoms with Crippen molar-refractivity contribution < 1.29 is 14.8 Å². The van der Waals surface area contributed by atoms with Gasteiger partial charge in [0, 0.05) is 19.2 Å². The summed E-state index contributed by atoms with van der Waals surface area (Å²) >= 11 is 0. The SMILES string of the molecule is Cc1c(NC(=O)N2CC[C@H](O)C2)cccc1[N+](=O)[O-]. The molecule has 2 amide bonds. The lowest BCUT2D eigenvalue weighted by atomic mass is 10.1. The van der Waals surface area contributed by atoms with Gasteiger partial charge in [0.15, 0.2) is 0 Å². The van der Waals surface area contributed by atoms with E-state index >= 15 is 0 Å². The maximum atomic E-state index is 11.9. The van der Waals surface area contributed by atoms with Crippen LogP contribution in [0.5, 0.6) is 0 Å². The average Bonchev–Trinajstić information content (AvgIpc) is 2.78. The third-order valence-corrected chi connectivity index (χ3v) is 3.19. The molecule has 1 fully saturated rings. The number of benzene rings is 1. The van der Waals surface area contributed by atoms with Crippen LogP contribution >= 0.6 is 0 Å².